The third-order valence-corrected chi connectivity index (χ3v) is 3.62. The number of hydrogen-bond donors (Lipinski definition) is 1. The number of carbonyl (C=O) groups is 1. The Morgan fingerprint density at radius 1 is 1.50 bits per heavy atom. The van der Waals surface area contributed by atoms with Crippen molar-refractivity contribution in [1.29, 1.82) is 0 Å². The quantitative estimate of drug-likeness (QED) is 0.857. The van der Waals surface area contributed by atoms with Crippen LogP contribution in [0, 0.1) is 5.92 Å². The van der Waals surface area contributed by atoms with Gasteiger partial charge in [0.05, 0.1) is 12.2 Å². The SMILES string of the molecule is CCOC(=O)c1ccnc(OC2CCCC(C)C2)c1N. The normalized spacial score (nSPS) is 22.3. The number of nitrogens with zero attached hydrogens (tertiary/aromatic N) is 1. The maximum absolute atomic E-state index is 11.8. The second kappa shape index (κ2) is 6.59. The molecule has 0 saturated heterocycles. The Hall–Kier alpha value is -1.78. The minimum absolute atomic E-state index is 0.131. The van der Waals surface area contributed by atoms with Gasteiger partial charge in [0, 0.05) is 6.20 Å². The van der Waals surface area contributed by atoms with E-state index in [2.05, 4.69) is 11.9 Å². The molecule has 2 N–H and O–H groups in total. The van der Waals surface area contributed by atoms with Gasteiger partial charge >= 0.3 is 5.97 Å². The van der Waals surface area contributed by atoms with E-state index in [-0.39, 0.29) is 11.8 Å². The van der Waals surface area contributed by atoms with Gasteiger partial charge in [0.15, 0.2) is 0 Å². The van der Waals surface area contributed by atoms with Gasteiger partial charge in [0.1, 0.15) is 11.8 Å². The number of rotatable bonds is 4. The van der Waals surface area contributed by atoms with Crippen LogP contribution in [0.2, 0.25) is 0 Å². The van der Waals surface area contributed by atoms with Gasteiger partial charge in [-0.3, -0.25) is 0 Å². The zero-order valence-corrected chi connectivity index (χ0v) is 12.1. The first-order valence-electron chi connectivity index (χ1n) is 7.20. The van der Waals surface area contributed by atoms with Crippen LogP contribution in [0.4, 0.5) is 5.69 Å². The monoisotopic (exact) mass is 278 g/mol. The Bertz CT molecular complexity index is 476. The number of pyridine rings is 1. The van der Waals surface area contributed by atoms with Crippen LogP contribution in [-0.4, -0.2) is 23.7 Å². The fourth-order valence-electron chi connectivity index (χ4n) is 2.58. The number of nitrogens with two attached hydrogens (primary N) is 1. The molecule has 1 aliphatic carbocycles. The van der Waals surface area contributed by atoms with E-state index in [0.29, 0.717) is 24.0 Å². The molecule has 1 aliphatic rings. The summed E-state index contributed by atoms with van der Waals surface area (Å²) < 4.78 is 10.9. The highest BCUT2D eigenvalue weighted by Crippen LogP contribution is 2.30. The Kier molecular flexibility index (Phi) is 4.82. The Labute approximate surface area is 119 Å². The number of esters is 1. The summed E-state index contributed by atoms with van der Waals surface area (Å²) >= 11 is 0. The Morgan fingerprint density at radius 3 is 3.00 bits per heavy atom. The molecule has 0 spiro atoms. The third-order valence-electron chi connectivity index (χ3n) is 3.62. The molecule has 1 aromatic rings. The highest BCUT2D eigenvalue weighted by atomic mass is 16.5. The molecular weight excluding hydrogens is 256 g/mol. The maximum Gasteiger partial charge on any atom is 0.340 e. The second-order valence-corrected chi connectivity index (χ2v) is 5.31. The van der Waals surface area contributed by atoms with E-state index in [0.717, 1.165) is 19.3 Å². The summed E-state index contributed by atoms with van der Waals surface area (Å²) in [4.78, 5) is 15.9. The van der Waals surface area contributed by atoms with Gasteiger partial charge in [-0.05, 0) is 38.2 Å². The van der Waals surface area contributed by atoms with Crippen LogP contribution in [0.25, 0.3) is 0 Å². The van der Waals surface area contributed by atoms with E-state index >= 15 is 0 Å². The fraction of sp³-hybridized carbons (Fsp3) is 0.600. The van der Waals surface area contributed by atoms with Crippen molar-refractivity contribution >= 4 is 11.7 Å². The summed E-state index contributed by atoms with van der Waals surface area (Å²) in [6, 6.07) is 1.56. The molecule has 1 aromatic heterocycles. The van der Waals surface area contributed by atoms with Crippen molar-refractivity contribution in [3.63, 3.8) is 0 Å². The molecule has 1 fully saturated rings. The van der Waals surface area contributed by atoms with Gasteiger partial charge in [0.25, 0.3) is 0 Å². The van der Waals surface area contributed by atoms with Crippen molar-refractivity contribution in [1.82, 2.24) is 4.98 Å². The smallest absolute Gasteiger partial charge is 0.340 e. The minimum atomic E-state index is -0.436. The molecule has 0 amide bonds. The second-order valence-electron chi connectivity index (χ2n) is 5.31. The van der Waals surface area contributed by atoms with Gasteiger partial charge in [-0.2, -0.15) is 0 Å². The average Bonchev–Trinajstić information content (AvgIpc) is 2.41. The van der Waals surface area contributed by atoms with E-state index < -0.39 is 5.97 Å². The van der Waals surface area contributed by atoms with Gasteiger partial charge in [-0.15, -0.1) is 0 Å². The van der Waals surface area contributed by atoms with Crippen molar-refractivity contribution < 1.29 is 14.3 Å². The van der Waals surface area contributed by atoms with Crippen molar-refractivity contribution in [3.8, 4) is 5.88 Å². The lowest BCUT2D eigenvalue weighted by atomic mass is 9.89. The fourth-order valence-corrected chi connectivity index (χ4v) is 2.58. The average molecular weight is 278 g/mol. The van der Waals surface area contributed by atoms with Gasteiger partial charge < -0.3 is 15.2 Å². The predicted molar refractivity (Wildman–Crippen MR) is 76.7 cm³/mol. The molecule has 2 rings (SSSR count). The topological polar surface area (TPSA) is 74.4 Å². The van der Waals surface area contributed by atoms with Crippen molar-refractivity contribution in [2.24, 2.45) is 5.92 Å². The summed E-state index contributed by atoms with van der Waals surface area (Å²) in [7, 11) is 0. The van der Waals surface area contributed by atoms with Crippen LogP contribution in [0.3, 0.4) is 0 Å². The zero-order chi connectivity index (χ0) is 14.5. The first-order chi connectivity index (χ1) is 9.61. The molecule has 20 heavy (non-hydrogen) atoms. The molecule has 1 heterocycles. The Balaban J connectivity index is 2.12. The molecule has 0 aliphatic heterocycles. The van der Waals surface area contributed by atoms with Crippen molar-refractivity contribution in [2.75, 3.05) is 12.3 Å². The number of aromatic nitrogens is 1. The van der Waals surface area contributed by atoms with E-state index in [1.54, 1.807) is 13.0 Å². The highest BCUT2D eigenvalue weighted by molar-refractivity contribution is 5.96. The molecule has 0 aromatic carbocycles. The largest absolute Gasteiger partial charge is 0.473 e. The lowest BCUT2D eigenvalue weighted by molar-refractivity contribution is 0.0526. The number of anilines is 1. The van der Waals surface area contributed by atoms with Gasteiger partial charge in [0.2, 0.25) is 5.88 Å². The minimum Gasteiger partial charge on any atom is -0.473 e. The molecule has 0 bridgehead atoms. The first kappa shape index (κ1) is 14.6. The number of carbonyl (C=O) groups excluding carboxylic acids is 1. The molecule has 110 valence electrons. The van der Waals surface area contributed by atoms with Crippen LogP contribution in [0.15, 0.2) is 12.3 Å². The predicted octanol–water partition coefficient (Wildman–Crippen LogP) is 2.80. The maximum atomic E-state index is 11.8. The molecule has 2 atom stereocenters. The number of hydrogen-bond acceptors (Lipinski definition) is 5. The van der Waals surface area contributed by atoms with Crippen LogP contribution in [0.5, 0.6) is 5.88 Å². The highest BCUT2D eigenvalue weighted by Gasteiger charge is 2.23. The number of ether oxygens (including phenoxy) is 2. The summed E-state index contributed by atoms with van der Waals surface area (Å²) in [5.74, 6) is 0.562. The van der Waals surface area contributed by atoms with Gasteiger partial charge in [-0.1, -0.05) is 13.3 Å². The number of nitrogen functional groups attached to an aromatic ring is 1. The van der Waals surface area contributed by atoms with Crippen LogP contribution < -0.4 is 10.5 Å². The molecule has 5 nitrogen and oxygen atoms in total. The molecule has 1 saturated carbocycles. The van der Waals surface area contributed by atoms with E-state index in [1.807, 2.05) is 0 Å². The third kappa shape index (κ3) is 3.40. The lowest BCUT2D eigenvalue weighted by Crippen LogP contribution is -2.25. The van der Waals surface area contributed by atoms with E-state index in [1.165, 1.54) is 12.6 Å². The molecule has 5 heteroatoms. The summed E-state index contributed by atoms with van der Waals surface area (Å²) in [6.45, 7) is 4.30. The van der Waals surface area contributed by atoms with E-state index in [9.17, 15) is 4.79 Å². The van der Waals surface area contributed by atoms with Gasteiger partial charge in [-0.25, -0.2) is 9.78 Å². The zero-order valence-electron chi connectivity index (χ0n) is 12.1. The van der Waals surface area contributed by atoms with Crippen molar-refractivity contribution in [2.45, 2.75) is 45.6 Å². The lowest BCUT2D eigenvalue weighted by Gasteiger charge is -2.27. The standard InChI is InChI=1S/C15H22N2O3/c1-3-19-15(18)12-7-8-17-14(13(12)16)20-11-6-4-5-10(2)9-11/h7-8,10-11H,3-6,9,16H2,1-2H3. The summed E-state index contributed by atoms with van der Waals surface area (Å²) in [6.07, 6.45) is 6.07. The molecular formula is C15H22N2O3. The Morgan fingerprint density at radius 2 is 2.30 bits per heavy atom. The van der Waals surface area contributed by atoms with Crippen LogP contribution in [-0.2, 0) is 4.74 Å². The first-order valence-corrected chi connectivity index (χ1v) is 7.20. The molecule has 2 unspecified atom stereocenters. The summed E-state index contributed by atoms with van der Waals surface area (Å²) in [5, 5.41) is 0. The van der Waals surface area contributed by atoms with Crippen LogP contribution >= 0.6 is 0 Å². The van der Waals surface area contributed by atoms with Crippen LogP contribution in [0.1, 0.15) is 49.9 Å². The summed E-state index contributed by atoms with van der Waals surface area (Å²) in [5.41, 5.74) is 6.57. The van der Waals surface area contributed by atoms with Crippen molar-refractivity contribution in [3.05, 3.63) is 17.8 Å². The van der Waals surface area contributed by atoms with E-state index in [4.69, 9.17) is 15.2 Å². The molecule has 0 radical (unpaired) electrons.